The van der Waals surface area contributed by atoms with Gasteiger partial charge in [0.15, 0.2) is 0 Å². The Labute approximate surface area is 310 Å². The summed E-state index contributed by atoms with van der Waals surface area (Å²) in [5.74, 6) is -4.25. The average Bonchev–Trinajstić information content (AvgIpc) is 3.35. The Balaban J connectivity index is 1.41. The molecule has 2 heterocycles. The van der Waals surface area contributed by atoms with Crippen molar-refractivity contribution < 1.29 is 38.2 Å². The molecule has 3 unspecified atom stereocenters. The number of rotatable bonds is 15. The smallest absolute Gasteiger partial charge is 0.261 e. The first kappa shape index (κ1) is 39.5. The third kappa shape index (κ3) is 8.14. The third-order valence-electron chi connectivity index (χ3n) is 10.2. The molecule has 2 aliphatic rings. The summed E-state index contributed by atoms with van der Waals surface area (Å²) in [6.45, 7) is 9.34. The molecule has 2 aliphatic heterocycles. The van der Waals surface area contributed by atoms with Gasteiger partial charge >= 0.3 is 0 Å². The number of amides is 6. The minimum absolute atomic E-state index is 0.0727. The molecule has 0 saturated heterocycles. The predicted molar refractivity (Wildman–Crippen MR) is 202 cm³/mol. The molecule has 0 aliphatic carbocycles. The number of hydrogen-bond acceptors (Lipinski definition) is 7. The quantitative estimate of drug-likeness (QED) is 0.0992. The Hall–Kier alpha value is -4.67. The van der Waals surface area contributed by atoms with Gasteiger partial charge in [0.05, 0.1) is 17.0 Å². The van der Waals surface area contributed by atoms with Gasteiger partial charge in [-0.3, -0.25) is 43.1 Å². The van der Waals surface area contributed by atoms with Crippen LogP contribution in [0.5, 0.6) is 0 Å². The van der Waals surface area contributed by atoms with Crippen molar-refractivity contribution in [1.29, 1.82) is 0 Å². The van der Waals surface area contributed by atoms with Crippen molar-refractivity contribution >= 4 is 53.6 Å². The molecule has 5 rings (SSSR count). The molecule has 0 bridgehead atoms. The Morgan fingerprint density at radius 1 is 0.755 bits per heavy atom. The van der Waals surface area contributed by atoms with Crippen LogP contribution in [0.1, 0.15) is 108 Å². The van der Waals surface area contributed by atoms with E-state index < -0.39 is 60.3 Å². The second kappa shape index (κ2) is 15.7. The zero-order chi connectivity index (χ0) is 38.8. The number of unbranched alkanes of at least 4 members (excludes halogenated alkanes) is 2. The number of hydrogen-bond donors (Lipinski definition) is 3. The molecule has 3 N–H and O–H groups in total. The van der Waals surface area contributed by atoms with Crippen molar-refractivity contribution in [2.75, 3.05) is 19.9 Å². The maximum atomic E-state index is 14.8. The van der Waals surface area contributed by atoms with Gasteiger partial charge < -0.3 is 15.5 Å². The number of benzene rings is 3. The lowest BCUT2D eigenvalue weighted by Crippen LogP contribution is -2.55. The number of nitrogens with zero attached hydrogens (tertiary/aromatic N) is 2. The van der Waals surface area contributed by atoms with Crippen LogP contribution in [0.4, 0.5) is 0 Å². The van der Waals surface area contributed by atoms with E-state index in [1.165, 1.54) is 11.9 Å². The molecule has 0 radical (unpaired) electrons. The van der Waals surface area contributed by atoms with Crippen LogP contribution in [0, 0.1) is 17.3 Å². The van der Waals surface area contributed by atoms with E-state index in [2.05, 4.69) is 10.6 Å². The molecule has 3 aromatic rings. The highest BCUT2D eigenvalue weighted by molar-refractivity contribution is 7.58. The number of carbonyl (C=O) groups excluding carboxylic acids is 6. The molecule has 3 aromatic carbocycles. The van der Waals surface area contributed by atoms with E-state index in [1.54, 1.807) is 81.4 Å². The van der Waals surface area contributed by atoms with Gasteiger partial charge in [0, 0.05) is 35.8 Å². The van der Waals surface area contributed by atoms with E-state index in [4.69, 9.17) is 0 Å². The van der Waals surface area contributed by atoms with Crippen molar-refractivity contribution in [3.8, 4) is 0 Å². The zero-order valence-corrected chi connectivity index (χ0v) is 32.1. The van der Waals surface area contributed by atoms with Crippen LogP contribution < -0.4 is 10.6 Å². The SMILES string of the molecule is CNC(=O)[C@@H](NC(=O)C(CC(C)C)C(CCCCCN1C(=O)c2ccccc2C1=O)P(=O)(O)CN1C(=O)c2cccc3cccc(c23)C1=O)C(C)(C)C. The number of fused-ring (bicyclic) bond motifs is 1. The molecule has 0 aromatic heterocycles. The lowest BCUT2D eigenvalue weighted by molar-refractivity contribution is -0.133. The number of carbonyl (C=O) groups is 6. The second-order valence-corrected chi connectivity index (χ2v) is 18.0. The Morgan fingerprint density at radius 3 is 1.79 bits per heavy atom. The molecule has 0 fully saturated rings. The minimum Gasteiger partial charge on any atom is -0.357 e. The van der Waals surface area contributed by atoms with Crippen LogP contribution in [0.2, 0.25) is 0 Å². The third-order valence-corrected chi connectivity index (χ3v) is 12.5. The van der Waals surface area contributed by atoms with Crippen LogP contribution in [0.15, 0.2) is 60.7 Å². The summed E-state index contributed by atoms with van der Waals surface area (Å²) >= 11 is 0. The summed E-state index contributed by atoms with van der Waals surface area (Å²) in [6, 6.07) is 15.8. The van der Waals surface area contributed by atoms with Gasteiger partial charge in [-0.25, -0.2) is 0 Å². The zero-order valence-electron chi connectivity index (χ0n) is 31.2. The van der Waals surface area contributed by atoms with Crippen molar-refractivity contribution in [1.82, 2.24) is 20.4 Å². The molecule has 53 heavy (non-hydrogen) atoms. The van der Waals surface area contributed by atoms with Gasteiger partial charge in [-0.1, -0.05) is 83.9 Å². The van der Waals surface area contributed by atoms with Crippen LogP contribution in [-0.2, 0) is 14.2 Å². The molecule has 12 nitrogen and oxygen atoms in total. The van der Waals surface area contributed by atoms with Gasteiger partial charge in [-0.15, -0.1) is 0 Å². The summed E-state index contributed by atoms with van der Waals surface area (Å²) in [5, 5.41) is 6.64. The average molecular weight is 745 g/mol. The lowest BCUT2D eigenvalue weighted by atomic mass is 9.84. The second-order valence-electron chi connectivity index (χ2n) is 15.5. The van der Waals surface area contributed by atoms with Crippen LogP contribution in [0.3, 0.4) is 0 Å². The lowest BCUT2D eigenvalue weighted by Gasteiger charge is -2.36. The molecule has 282 valence electrons. The standard InChI is InChI=1S/C40H49N4O8P/c1-24(2)22-30(34(45)42-33(35(46)41-6)40(3,4)5)31(20-8-7-11-21-43-36(47)26-16-9-10-17-27(26)37(43)48)53(51,52)23-44-38(49)28-18-12-14-25-15-13-19-29(32(25)28)39(44)50/h9-10,12-19,24,30-31,33H,7-8,11,20-23H2,1-6H3,(H,41,46)(H,42,45)(H,51,52)/t30?,31?,33-/m1/s1. The van der Waals surface area contributed by atoms with Crippen LogP contribution in [-0.4, -0.2) is 81.7 Å². The Kier molecular flexibility index (Phi) is 11.7. The first-order chi connectivity index (χ1) is 25.0. The van der Waals surface area contributed by atoms with E-state index in [-0.39, 0.29) is 48.2 Å². The first-order valence-corrected chi connectivity index (χ1v) is 20.1. The van der Waals surface area contributed by atoms with Crippen molar-refractivity contribution in [2.24, 2.45) is 17.3 Å². The topological polar surface area (TPSA) is 170 Å². The van der Waals surface area contributed by atoms with Crippen molar-refractivity contribution in [3.63, 3.8) is 0 Å². The summed E-state index contributed by atoms with van der Waals surface area (Å²) in [5.41, 5.74) is -0.681. The molecule has 0 saturated carbocycles. The van der Waals surface area contributed by atoms with E-state index in [9.17, 15) is 38.2 Å². The molecular weight excluding hydrogens is 695 g/mol. The number of nitrogens with one attached hydrogen (secondary N) is 2. The molecule has 6 amide bonds. The van der Waals surface area contributed by atoms with Crippen LogP contribution in [0.25, 0.3) is 10.8 Å². The fraction of sp³-hybridized carbons (Fsp3) is 0.450. The molecule has 0 spiro atoms. The normalized spacial score (nSPS) is 17.1. The molecule has 13 heteroatoms. The van der Waals surface area contributed by atoms with E-state index in [0.29, 0.717) is 41.2 Å². The Bertz CT molecular complexity index is 1920. The fourth-order valence-electron chi connectivity index (χ4n) is 7.46. The van der Waals surface area contributed by atoms with Gasteiger partial charge in [-0.2, -0.15) is 0 Å². The predicted octanol–water partition coefficient (Wildman–Crippen LogP) is 5.83. The monoisotopic (exact) mass is 744 g/mol. The van der Waals surface area contributed by atoms with Crippen molar-refractivity contribution in [2.45, 2.75) is 78.4 Å². The number of likely N-dealkylation sites (N-methyl/N-ethyl adjacent to an activating group) is 1. The van der Waals surface area contributed by atoms with Crippen LogP contribution >= 0.6 is 7.37 Å². The van der Waals surface area contributed by atoms with Crippen molar-refractivity contribution in [3.05, 3.63) is 82.9 Å². The maximum absolute atomic E-state index is 14.8. The summed E-state index contributed by atoms with van der Waals surface area (Å²) in [6.07, 6.45) is 0.701. The highest BCUT2D eigenvalue weighted by Crippen LogP contribution is 2.54. The summed E-state index contributed by atoms with van der Waals surface area (Å²) < 4.78 is 14.8. The fourth-order valence-corrected chi connectivity index (χ4v) is 9.74. The van der Waals surface area contributed by atoms with Gasteiger partial charge in [0.25, 0.3) is 23.6 Å². The highest BCUT2D eigenvalue weighted by atomic mass is 31.2. The maximum Gasteiger partial charge on any atom is 0.261 e. The molecular formula is C40H49N4O8P. The summed E-state index contributed by atoms with van der Waals surface area (Å²) in [4.78, 5) is 94.6. The van der Waals surface area contributed by atoms with Gasteiger partial charge in [0.1, 0.15) is 12.3 Å². The largest absolute Gasteiger partial charge is 0.357 e. The number of imide groups is 2. The Morgan fingerprint density at radius 2 is 1.28 bits per heavy atom. The first-order valence-electron chi connectivity index (χ1n) is 18.1. The van der Waals surface area contributed by atoms with Gasteiger partial charge in [0.2, 0.25) is 19.2 Å². The minimum atomic E-state index is -4.54. The summed E-state index contributed by atoms with van der Waals surface area (Å²) in [7, 11) is -3.07. The van der Waals surface area contributed by atoms with E-state index >= 15 is 0 Å². The highest BCUT2D eigenvalue weighted by Gasteiger charge is 2.46. The molecule has 4 atom stereocenters. The van der Waals surface area contributed by atoms with E-state index in [1.807, 2.05) is 13.8 Å². The van der Waals surface area contributed by atoms with Gasteiger partial charge in [-0.05, 0) is 60.2 Å². The van der Waals surface area contributed by atoms with E-state index in [0.717, 1.165) is 4.90 Å².